The van der Waals surface area contributed by atoms with Gasteiger partial charge in [0.05, 0.1) is 5.56 Å². The van der Waals surface area contributed by atoms with Gasteiger partial charge in [0.2, 0.25) is 0 Å². The van der Waals surface area contributed by atoms with Crippen LogP contribution in [0.1, 0.15) is 48.0 Å². The summed E-state index contributed by atoms with van der Waals surface area (Å²) in [6.07, 6.45) is 5.91. The summed E-state index contributed by atoms with van der Waals surface area (Å²) in [6, 6.07) is 5.90. The number of nitrogens with two attached hydrogens (primary N) is 1. The van der Waals surface area contributed by atoms with E-state index in [4.69, 9.17) is 5.73 Å². The van der Waals surface area contributed by atoms with E-state index in [2.05, 4.69) is 5.32 Å². The highest BCUT2D eigenvalue weighted by Gasteiger charge is 2.17. The van der Waals surface area contributed by atoms with Gasteiger partial charge in [-0.1, -0.05) is 25.3 Å². The topological polar surface area (TPSA) is 55.1 Å². The number of carbonyl (C=O) groups excluding carboxylic acids is 1. The lowest BCUT2D eigenvalue weighted by Crippen LogP contribution is -2.36. The van der Waals surface area contributed by atoms with E-state index >= 15 is 0 Å². The second kappa shape index (κ2) is 5.21. The van der Waals surface area contributed by atoms with Crippen molar-refractivity contribution < 1.29 is 4.79 Å². The van der Waals surface area contributed by atoms with Gasteiger partial charge in [-0.25, -0.2) is 0 Å². The van der Waals surface area contributed by atoms with Crippen LogP contribution in [0, 0.1) is 6.92 Å². The lowest BCUT2D eigenvalue weighted by atomic mass is 9.95. The van der Waals surface area contributed by atoms with Crippen LogP contribution in [0.4, 0.5) is 5.69 Å². The van der Waals surface area contributed by atoms with Gasteiger partial charge in [0, 0.05) is 11.7 Å². The first-order valence-electron chi connectivity index (χ1n) is 6.34. The quantitative estimate of drug-likeness (QED) is 0.770. The summed E-state index contributed by atoms with van der Waals surface area (Å²) in [4.78, 5) is 12.1. The van der Waals surface area contributed by atoms with Crippen LogP contribution in [0.5, 0.6) is 0 Å². The first-order chi connectivity index (χ1) is 8.16. The smallest absolute Gasteiger partial charge is 0.253 e. The molecule has 0 unspecified atom stereocenters. The van der Waals surface area contributed by atoms with Crippen molar-refractivity contribution in [1.29, 1.82) is 0 Å². The molecule has 0 saturated heterocycles. The summed E-state index contributed by atoms with van der Waals surface area (Å²) in [5.41, 5.74) is 8.11. The summed E-state index contributed by atoms with van der Waals surface area (Å²) >= 11 is 0. The summed E-state index contributed by atoms with van der Waals surface area (Å²) in [7, 11) is 0. The predicted molar refractivity (Wildman–Crippen MR) is 69.9 cm³/mol. The Morgan fingerprint density at radius 3 is 2.65 bits per heavy atom. The number of hydrogen-bond donors (Lipinski definition) is 2. The van der Waals surface area contributed by atoms with Gasteiger partial charge in [-0.05, 0) is 37.5 Å². The Bertz CT molecular complexity index is 409. The Kier molecular flexibility index (Phi) is 3.67. The average molecular weight is 232 g/mol. The molecule has 1 aliphatic rings. The van der Waals surface area contributed by atoms with E-state index in [9.17, 15) is 4.79 Å². The van der Waals surface area contributed by atoms with Crippen molar-refractivity contribution in [3.63, 3.8) is 0 Å². The maximum Gasteiger partial charge on any atom is 0.253 e. The molecular formula is C14H20N2O. The highest BCUT2D eigenvalue weighted by molar-refractivity contribution is 5.99. The van der Waals surface area contributed by atoms with Crippen molar-refractivity contribution in [2.45, 2.75) is 45.1 Å². The monoisotopic (exact) mass is 232 g/mol. The number of amides is 1. The largest absolute Gasteiger partial charge is 0.398 e. The summed E-state index contributed by atoms with van der Waals surface area (Å²) in [6.45, 7) is 1.97. The number of aryl methyl sites for hydroxylation is 1. The van der Waals surface area contributed by atoms with Crippen LogP contribution in [0.25, 0.3) is 0 Å². The number of anilines is 1. The highest BCUT2D eigenvalue weighted by Crippen LogP contribution is 2.19. The van der Waals surface area contributed by atoms with E-state index in [0.29, 0.717) is 17.3 Å². The van der Waals surface area contributed by atoms with E-state index in [1.54, 1.807) is 0 Å². The van der Waals surface area contributed by atoms with Crippen LogP contribution >= 0.6 is 0 Å². The molecule has 0 radical (unpaired) electrons. The van der Waals surface area contributed by atoms with Crippen molar-refractivity contribution in [2.75, 3.05) is 5.73 Å². The zero-order chi connectivity index (χ0) is 12.3. The molecule has 1 aromatic rings. The SMILES string of the molecule is Cc1ccc(C(=O)NC2CCCCC2)c(N)c1. The maximum atomic E-state index is 12.1. The van der Waals surface area contributed by atoms with Crippen molar-refractivity contribution in [3.8, 4) is 0 Å². The molecule has 2 rings (SSSR count). The first-order valence-corrected chi connectivity index (χ1v) is 6.34. The van der Waals surface area contributed by atoms with Gasteiger partial charge < -0.3 is 11.1 Å². The molecule has 0 heterocycles. The molecule has 3 heteroatoms. The Labute approximate surface area is 102 Å². The van der Waals surface area contributed by atoms with E-state index < -0.39 is 0 Å². The van der Waals surface area contributed by atoms with Crippen LogP contribution in [0.3, 0.4) is 0 Å². The lowest BCUT2D eigenvalue weighted by Gasteiger charge is -2.23. The van der Waals surface area contributed by atoms with E-state index in [-0.39, 0.29) is 5.91 Å². The number of benzene rings is 1. The third-order valence-electron chi connectivity index (χ3n) is 3.39. The molecule has 3 nitrogen and oxygen atoms in total. The molecule has 1 saturated carbocycles. The minimum Gasteiger partial charge on any atom is -0.398 e. The Balaban J connectivity index is 2.03. The fourth-order valence-corrected chi connectivity index (χ4v) is 2.40. The molecule has 1 amide bonds. The molecule has 0 aliphatic heterocycles. The number of carbonyl (C=O) groups is 1. The van der Waals surface area contributed by atoms with Crippen molar-refractivity contribution in [3.05, 3.63) is 29.3 Å². The molecule has 1 aliphatic carbocycles. The van der Waals surface area contributed by atoms with Crippen LogP contribution in [0.15, 0.2) is 18.2 Å². The van der Waals surface area contributed by atoms with Crippen LogP contribution in [0.2, 0.25) is 0 Å². The predicted octanol–water partition coefficient (Wildman–Crippen LogP) is 2.64. The fraction of sp³-hybridized carbons (Fsp3) is 0.500. The molecule has 0 aromatic heterocycles. The van der Waals surface area contributed by atoms with Crippen LogP contribution < -0.4 is 11.1 Å². The summed E-state index contributed by atoms with van der Waals surface area (Å²) in [5, 5.41) is 3.08. The molecular weight excluding hydrogens is 212 g/mol. The minimum absolute atomic E-state index is 0.0330. The van der Waals surface area contributed by atoms with Crippen molar-refractivity contribution >= 4 is 11.6 Å². The number of hydrogen-bond acceptors (Lipinski definition) is 2. The normalized spacial score (nSPS) is 16.8. The minimum atomic E-state index is -0.0330. The van der Waals surface area contributed by atoms with E-state index in [1.165, 1.54) is 19.3 Å². The third kappa shape index (κ3) is 2.99. The molecule has 0 spiro atoms. The van der Waals surface area contributed by atoms with Gasteiger partial charge in [-0.15, -0.1) is 0 Å². The van der Waals surface area contributed by atoms with E-state index in [0.717, 1.165) is 18.4 Å². The molecule has 0 bridgehead atoms. The molecule has 1 fully saturated rings. The van der Waals surface area contributed by atoms with Gasteiger partial charge >= 0.3 is 0 Å². The van der Waals surface area contributed by atoms with Crippen LogP contribution in [-0.2, 0) is 0 Å². The lowest BCUT2D eigenvalue weighted by molar-refractivity contribution is 0.0928. The highest BCUT2D eigenvalue weighted by atomic mass is 16.1. The number of nitrogen functional groups attached to an aromatic ring is 1. The van der Waals surface area contributed by atoms with Gasteiger partial charge in [0.1, 0.15) is 0 Å². The zero-order valence-corrected chi connectivity index (χ0v) is 10.3. The molecule has 17 heavy (non-hydrogen) atoms. The van der Waals surface area contributed by atoms with E-state index in [1.807, 2.05) is 25.1 Å². The Morgan fingerprint density at radius 2 is 2.00 bits per heavy atom. The second-order valence-electron chi connectivity index (χ2n) is 4.90. The summed E-state index contributed by atoms with van der Waals surface area (Å²) < 4.78 is 0. The van der Waals surface area contributed by atoms with Crippen molar-refractivity contribution in [2.24, 2.45) is 0 Å². The van der Waals surface area contributed by atoms with Gasteiger partial charge in [-0.2, -0.15) is 0 Å². The standard InChI is InChI=1S/C14H20N2O/c1-10-7-8-12(13(15)9-10)14(17)16-11-5-3-2-4-6-11/h7-9,11H,2-6,15H2,1H3,(H,16,17). The molecule has 92 valence electrons. The Morgan fingerprint density at radius 1 is 1.29 bits per heavy atom. The Hall–Kier alpha value is -1.51. The van der Waals surface area contributed by atoms with Gasteiger partial charge in [-0.3, -0.25) is 4.79 Å². The third-order valence-corrected chi connectivity index (χ3v) is 3.39. The number of rotatable bonds is 2. The van der Waals surface area contributed by atoms with Gasteiger partial charge in [0.15, 0.2) is 0 Å². The van der Waals surface area contributed by atoms with Gasteiger partial charge in [0.25, 0.3) is 5.91 Å². The number of nitrogens with one attached hydrogen (secondary N) is 1. The van der Waals surface area contributed by atoms with Crippen molar-refractivity contribution in [1.82, 2.24) is 5.32 Å². The second-order valence-corrected chi connectivity index (χ2v) is 4.90. The molecule has 0 atom stereocenters. The summed E-state index contributed by atoms with van der Waals surface area (Å²) in [5.74, 6) is -0.0330. The van der Waals surface area contributed by atoms with Crippen LogP contribution in [-0.4, -0.2) is 11.9 Å². The molecule has 3 N–H and O–H groups in total. The zero-order valence-electron chi connectivity index (χ0n) is 10.3. The fourth-order valence-electron chi connectivity index (χ4n) is 2.40. The first kappa shape index (κ1) is 12.0. The molecule has 1 aromatic carbocycles. The maximum absolute atomic E-state index is 12.1. The average Bonchev–Trinajstić information content (AvgIpc) is 2.30.